The van der Waals surface area contributed by atoms with E-state index in [1.165, 1.54) is 38.2 Å². The van der Waals surface area contributed by atoms with Crippen molar-refractivity contribution < 1.29 is 8.83 Å². The molecule has 13 rings (SSSR count). The van der Waals surface area contributed by atoms with Crippen molar-refractivity contribution in [1.82, 2.24) is 4.40 Å². The van der Waals surface area contributed by atoms with Gasteiger partial charge in [-0.1, -0.05) is 157 Å². The minimum Gasteiger partial charge on any atom is -0.455 e. The quantitative estimate of drug-likeness (QED) is 0.181. The van der Waals surface area contributed by atoms with Gasteiger partial charge < -0.3 is 23.5 Å². The number of nitrogens with one attached hydrogen (secondary N) is 1. The summed E-state index contributed by atoms with van der Waals surface area (Å²) in [4.78, 5) is 2.40. The van der Waals surface area contributed by atoms with Crippen LogP contribution in [0.2, 0.25) is 0 Å². The van der Waals surface area contributed by atoms with Crippen LogP contribution in [0.15, 0.2) is 191 Å². The fourth-order valence-electron chi connectivity index (χ4n) is 10.7. The van der Waals surface area contributed by atoms with E-state index in [-0.39, 0.29) is 10.8 Å². The third-order valence-electron chi connectivity index (χ3n) is 14.0. The van der Waals surface area contributed by atoms with Gasteiger partial charge in [-0.3, -0.25) is 0 Å². The van der Waals surface area contributed by atoms with Gasteiger partial charge in [-0.05, 0) is 88.7 Å². The molecule has 0 aliphatic rings. The van der Waals surface area contributed by atoms with Crippen molar-refractivity contribution in [2.45, 2.75) is 52.4 Å². The minimum atomic E-state index is -0.0494. The molecule has 0 spiro atoms. The lowest BCUT2D eigenvalue weighted by Gasteiger charge is -2.27. The van der Waals surface area contributed by atoms with Crippen molar-refractivity contribution in [2.24, 2.45) is 0 Å². The zero-order valence-corrected chi connectivity index (χ0v) is 38.5. The number of para-hydroxylation sites is 5. The molecular weight excluding hydrogens is 819 g/mol. The molecule has 0 aliphatic heterocycles. The number of aromatic nitrogens is 1. The summed E-state index contributed by atoms with van der Waals surface area (Å²) in [7, 11) is 0. The van der Waals surface area contributed by atoms with Crippen LogP contribution in [0.3, 0.4) is 0 Å². The van der Waals surface area contributed by atoms with E-state index in [4.69, 9.17) is 8.83 Å². The van der Waals surface area contributed by atoms with Gasteiger partial charge >= 0.3 is 0 Å². The zero-order chi connectivity index (χ0) is 45.3. The van der Waals surface area contributed by atoms with E-state index in [1.54, 1.807) is 0 Å². The number of anilines is 5. The van der Waals surface area contributed by atoms with E-state index < -0.39 is 0 Å². The third-order valence-corrected chi connectivity index (χ3v) is 14.0. The maximum absolute atomic E-state index is 6.76. The van der Waals surface area contributed by atoms with Gasteiger partial charge in [0.2, 0.25) is 0 Å². The number of furan rings is 2. The van der Waals surface area contributed by atoms with E-state index in [9.17, 15) is 0 Å². The van der Waals surface area contributed by atoms with Gasteiger partial charge in [-0.2, -0.15) is 0 Å². The summed E-state index contributed by atoms with van der Waals surface area (Å²) >= 11 is 0. The van der Waals surface area contributed by atoms with Crippen molar-refractivity contribution in [3.05, 3.63) is 193 Å². The lowest BCUT2D eigenvalue weighted by molar-refractivity contribution is 0.590. The minimum absolute atomic E-state index is 0.0179. The van der Waals surface area contributed by atoms with E-state index in [1.807, 2.05) is 12.1 Å². The molecule has 0 amide bonds. The number of hydrogen-bond acceptors (Lipinski definition) is 4. The highest BCUT2D eigenvalue weighted by Crippen LogP contribution is 2.50. The lowest BCUT2D eigenvalue weighted by atomic mass is 9.84. The van der Waals surface area contributed by atoms with E-state index in [0.717, 1.165) is 94.5 Å². The van der Waals surface area contributed by atoms with Crippen LogP contribution >= 0.6 is 0 Å². The fraction of sp³-hybridized carbons (Fsp3) is 0.129. The van der Waals surface area contributed by atoms with Gasteiger partial charge in [0.1, 0.15) is 16.7 Å². The highest BCUT2D eigenvalue weighted by molar-refractivity contribution is 6.28. The molecule has 1 N–H and O–H groups in total. The Labute approximate surface area is 388 Å². The summed E-state index contributed by atoms with van der Waals surface area (Å²) < 4.78 is 15.9. The molecule has 0 fully saturated rings. The summed E-state index contributed by atoms with van der Waals surface area (Å²) in [5.41, 5.74) is 17.0. The normalized spacial score (nSPS) is 12.6. The van der Waals surface area contributed by atoms with Crippen LogP contribution in [0.5, 0.6) is 0 Å². The molecule has 324 valence electrons. The molecule has 4 heterocycles. The number of hydrogen-bond donors (Lipinski definition) is 1. The van der Waals surface area contributed by atoms with Crippen molar-refractivity contribution in [3.8, 4) is 11.1 Å². The molecule has 0 bridgehead atoms. The third kappa shape index (κ3) is 5.93. The Morgan fingerprint density at radius 3 is 1.67 bits per heavy atom. The SMILES string of the molecule is CC(C)(C)c1ccc(N(c2cccc3c2oc2ccccc23)c2cccc3c2c2cccc4c5c(Nc6ccc(C(C)(C)C)cc6-c6cccc7c6oc6ccccc67)cccc5n3c42)cc1. The fourth-order valence-corrected chi connectivity index (χ4v) is 10.7. The second-order valence-corrected chi connectivity index (χ2v) is 20.2. The van der Waals surface area contributed by atoms with Crippen LogP contribution in [0, 0.1) is 0 Å². The molecule has 5 nitrogen and oxygen atoms in total. The van der Waals surface area contributed by atoms with E-state index in [0.29, 0.717) is 0 Å². The average molecular weight is 868 g/mol. The molecule has 0 saturated carbocycles. The summed E-state index contributed by atoms with van der Waals surface area (Å²) in [6.07, 6.45) is 0. The Hall–Kier alpha value is -8.02. The van der Waals surface area contributed by atoms with Gasteiger partial charge in [0.05, 0.1) is 27.9 Å². The van der Waals surface area contributed by atoms with Crippen LogP contribution in [0.1, 0.15) is 52.7 Å². The Kier molecular flexibility index (Phi) is 8.36. The second-order valence-electron chi connectivity index (χ2n) is 20.2. The van der Waals surface area contributed by atoms with E-state index >= 15 is 0 Å². The molecule has 5 heteroatoms. The van der Waals surface area contributed by atoms with E-state index in [2.05, 4.69) is 226 Å². The van der Waals surface area contributed by atoms with Crippen LogP contribution in [0.25, 0.3) is 93.1 Å². The predicted molar refractivity (Wildman–Crippen MR) is 283 cm³/mol. The average Bonchev–Trinajstić information content (AvgIpc) is 4.10. The second kappa shape index (κ2) is 14.2. The first-order valence-corrected chi connectivity index (χ1v) is 23.3. The molecule has 0 radical (unpaired) electrons. The maximum atomic E-state index is 6.76. The van der Waals surface area contributed by atoms with Crippen molar-refractivity contribution in [1.29, 1.82) is 0 Å². The summed E-state index contributed by atoms with van der Waals surface area (Å²) in [5.74, 6) is 0. The first kappa shape index (κ1) is 39.4. The molecule has 4 aromatic heterocycles. The Bertz CT molecular complexity index is 4090. The van der Waals surface area contributed by atoms with Gasteiger partial charge in [0.25, 0.3) is 0 Å². The van der Waals surface area contributed by atoms with Crippen LogP contribution < -0.4 is 10.2 Å². The van der Waals surface area contributed by atoms with Crippen molar-refractivity contribution in [3.63, 3.8) is 0 Å². The molecular formula is C62H49N3O2. The number of fused-ring (bicyclic) bond motifs is 12. The smallest absolute Gasteiger partial charge is 0.159 e. The monoisotopic (exact) mass is 867 g/mol. The van der Waals surface area contributed by atoms with Gasteiger partial charge in [-0.25, -0.2) is 0 Å². The number of benzene rings is 9. The van der Waals surface area contributed by atoms with Crippen molar-refractivity contribution in [2.75, 3.05) is 10.2 Å². The number of rotatable bonds is 6. The first-order chi connectivity index (χ1) is 32.5. The topological polar surface area (TPSA) is 46.0 Å². The van der Waals surface area contributed by atoms with Crippen LogP contribution in [0.4, 0.5) is 28.4 Å². The Balaban J connectivity index is 1.02. The van der Waals surface area contributed by atoms with Gasteiger partial charge in [-0.15, -0.1) is 0 Å². The first-order valence-electron chi connectivity index (χ1n) is 23.3. The summed E-state index contributed by atoms with van der Waals surface area (Å²) in [5, 5.41) is 13.2. The molecule has 0 aliphatic carbocycles. The highest BCUT2D eigenvalue weighted by atomic mass is 16.3. The summed E-state index contributed by atoms with van der Waals surface area (Å²) in [6.45, 7) is 13.6. The number of nitrogens with zero attached hydrogens (tertiary/aromatic N) is 2. The van der Waals surface area contributed by atoms with Gasteiger partial charge in [0.15, 0.2) is 5.58 Å². The van der Waals surface area contributed by atoms with Crippen molar-refractivity contribution >= 4 is 110 Å². The summed E-state index contributed by atoms with van der Waals surface area (Å²) in [6, 6.07) is 65.9. The molecule has 9 aromatic carbocycles. The zero-order valence-electron chi connectivity index (χ0n) is 38.5. The maximum Gasteiger partial charge on any atom is 0.159 e. The molecule has 13 aromatic rings. The lowest BCUT2D eigenvalue weighted by Crippen LogP contribution is -2.13. The molecule has 0 atom stereocenters. The Morgan fingerprint density at radius 1 is 0.418 bits per heavy atom. The Morgan fingerprint density at radius 2 is 0.955 bits per heavy atom. The largest absolute Gasteiger partial charge is 0.455 e. The molecule has 0 saturated heterocycles. The highest BCUT2D eigenvalue weighted by Gasteiger charge is 2.27. The van der Waals surface area contributed by atoms with Crippen LogP contribution in [-0.2, 0) is 10.8 Å². The van der Waals surface area contributed by atoms with Crippen LogP contribution in [-0.4, -0.2) is 4.40 Å². The van der Waals surface area contributed by atoms with Gasteiger partial charge in [0, 0.05) is 71.3 Å². The standard InChI is InChI=1S/C62H49N3O2/c1-61(2,3)37-30-33-39(34-31-37)64(53-27-13-20-43-41-17-8-10-29-55(41)67-60(43)53)51-25-15-26-52-57(51)46-22-12-21-45-56-49(23-14-24-50(56)65(52)58(45)46)63-48-35-32-38(62(4,5)6)36-47(48)44-19-11-18-42-40-16-7-9-28-54(40)66-59(42)44/h7-36,63H,1-6H3. The predicted octanol–water partition coefficient (Wildman–Crippen LogP) is 18.1. The molecule has 0 unspecified atom stereocenters. The molecule has 67 heavy (non-hydrogen) atoms.